The second kappa shape index (κ2) is 9.65. The van der Waals surface area contributed by atoms with Crippen LogP contribution in [-0.4, -0.2) is 49.7 Å². The molecule has 2 amide bonds. The molecule has 0 bridgehead atoms. The number of benzene rings is 2. The van der Waals surface area contributed by atoms with E-state index in [-0.39, 0.29) is 31.1 Å². The third-order valence-electron chi connectivity index (χ3n) is 5.42. The van der Waals surface area contributed by atoms with Crippen molar-refractivity contribution in [3.63, 3.8) is 0 Å². The van der Waals surface area contributed by atoms with E-state index in [1.807, 2.05) is 60.7 Å². The molecule has 4 rings (SSSR count). The Hall–Kier alpha value is -3.65. The summed E-state index contributed by atoms with van der Waals surface area (Å²) in [5, 5.41) is 5.89. The normalized spacial score (nSPS) is 20.0. The summed E-state index contributed by atoms with van der Waals surface area (Å²) in [7, 11) is 0. The highest BCUT2D eigenvalue weighted by Crippen LogP contribution is 2.26. The van der Waals surface area contributed by atoms with Crippen molar-refractivity contribution in [3.8, 4) is 0 Å². The molecule has 32 heavy (non-hydrogen) atoms. The van der Waals surface area contributed by atoms with Crippen molar-refractivity contribution in [2.45, 2.75) is 25.6 Å². The molecule has 0 spiro atoms. The van der Waals surface area contributed by atoms with Crippen molar-refractivity contribution in [2.75, 3.05) is 24.6 Å². The summed E-state index contributed by atoms with van der Waals surface area (Å²) in [5.74, 6) is -0.474. The summed E-state index contributed by atoms with van der Waals surface area (Å²) in [5.41, 5.74) is 3.57. The Morgan fingerprint density at radius 3 is 2.62 bits per heavy atom. The molecule has 2 aromatic carbocycles. The van der Waals surface area contributed by atoms with Gasteiger partial charge in [0.05, 0.1) is 6.04 Å². The highest BCUT2D eigenvalue weighted by atomic mass is 16.6. The smallest absolute Gasteiger partial charge is 0.414 e. The largest absolute Gasteiger partial charge is 0.459 e. The van der Waals surface area contributed by atoms with Crippen molar-refractivity contribution in [1.29, 1.82) is 0 Å². The van der Waals surface area contributed by atoms with Gasteiger partial charge in [0, 0.05) is 25.7 Å². The predicted molar refractivity (Wildman–Crippen MR) is 119 cm³/mol. The zero-order valence-electron chi connectivity index (χ0n) is 17.7. The van der Waals surface area contributed by atoms with E-state index in [0.717, 1.165) is 16.7 Å². The SMILES string of the molecule is CC(=O)NCC1COC(=O)N1c1ccc(C2=C[C@@H](C(=O)OCc3ccccc3)NC2)cc1. The van der Waals surface area contributed by atoms with Gasteiger partial charge in [0.2, 0.25) is 5.91 Å². The molecule has 0 aromatic heterocycles. The lowest BCUT2D eigenvalue weighted by Crippen LogP contribution is -2.42. The molecule has 2 heterocycles. The molecule has 1 fully saturated rings. The Morgan fingerprint density at radius 2 is 1.91 bits per heavy atom. The molecule has 166 valence electrons. The summed E-state index contributed by atoms with van der Waals surface area (Å²) in [4.78, 5) is 37.3. The molecular formula is C24H25N3O5. The fourth-order valence-electron chi connectivity index (χ4n) is 3.73. The molecule has 8 heteroatoms. The molecule has 2 aromatic rings. The van der Waals surface area contributed by atoms with Gasteiger partial charge < -0.3 is 14.8 Å². The highest BCUT2D eigenvalue weighted by Gasteiger charge is 2.34. The van der Waals surface area contributed by atoms with Crippen LogP contribution in [0.4, 0.5) is 10.5 Å². The Morgan fingerprint density at radius 1 is 1.16 bits per heavy atom. The van der Waals surface area contributed by atoms with Crippen molar-refractivity contribution in [3.05, 3.63) is 71.8 Å². The predicted octanol–water partition coefficient (Wildman–Crippen LogP) is 2.25. The van der Waals surface area contributed by atoms with Crippen molar-refractivity contribution >= 4 is 29.2 Å². The average molecular weight is 435 g/mol. The van der Waals surface area contributed by atoms with Gasteiger partial charge in [-0.3, -0.25) is 15.0 Å². The number of cyclic esters (lactones) is 1. The monoisotopic (exact) mass is 435 g/mol. The average Bonchev–Trinajstić information content (AvgIpc) is 3.44. The van der Waals surface area contributed by atoms with Crippen molar-refractivity contribution in [1.82, 2.24) is 10.6 Å². The number of nitrogens with zero attached hydrogens (tertiary/aromatic N) is 1. The van der Waals surface area contributed by atoms with Gasteiger partial charge in [0.15, 0.2) is 0 Å². The van der Waals surface area contributed by atoms with Gasteiger partial charge in [-0.2, -0.15) is 0 Å². The number of hydrogen-bond donors (Lipinski definition) is 2. The van der Waals surface area contributed by atoms with Crippen molar-refractivity contribution < 1.29 is 23.9 Å². The number of anilines is 1. The first-order valence-electron chi connectivity index (χ1n) is 10.5. The maximum absolute atomic E-state index is 12.4. The lowest BCUT2D eigenvalue weighted by molar-refractivity contribution is -0.145. The van der Waals surface area contributed by atoms with Gasteiger partial charge in [-0.1, -0.05) is 48.5 Å². The maximum atomic E-state index is 12.4. The van der Waals surface area contributed by atoms with Crippen LogP contribution in [-0.2, 0) is 25.7 Å². The second-order valence-electron chi connectivity index (χ2n) is 7.73. The molecule has 8 nitrogen and oxygen atoms in total. The summed E-state index contributed by atoms with van der Waals surface area (Å²) in [6.45, 7) is 2.76. The zero-order valence-corrected chi connectivity index (χ0v) is 17.7. The van der Waals surface area contributed by atoms with Crippen LogP contribution >= 0.6 is 0 Å². The van der Waals surface area contributed by atoms with Crippen LogP contribution in [0.3, 0.4) is 0 Å². The fraction of sp³-hybridized carbons (Fsp3) is 0.292. The quantitative estimate of drug-likeness (QED) is 0.648. The second-order valence-corrected chi connectivity index (χ2v) is 7.73. The number of amides is 2. The molecule has 0 aliphatic carbocycles. The molecule has 1 unspecified atom stereocenters. The van der Waals surface area contributed by atoms with Crippen LogP contribution in [0, 0.1) is 0 Å². The van der Waals surface area contributed by atoms with Crippen LogP contribution in [0.5, 0.6) is 0 Å². The Labute approximate surface area is 186 Å². The zero-order chi connectivity index (χ0) is 22.5. The lowest BCUT2D eigenvalue weighted by atomic mass is 10.1. The van der Waals surface area contributed by atoms with E-state index < -0.39 is 12.1 Å². The number of nitrogens with one attached hydrogen (secondary N) is 2. The van der Waals surface area contributed by atoms with Crippen LogP contribution in [0.25, 0.3) is 5.57 Å². The van der Waals surface area contributed by atoms with Gasteiger partial charge in [0.25, 0.3) is 0 Å². The van der Waals surface area contributed by atoms with Crippen LogP contribution < -0.4 is 15.5 Å². The molecule has 2 aliphatic heterocycles. The topological polar surface area (TPSA) is 97.0 Å². The lowest BCUT2D eigenvalue weighted by Gasteiger charge is -2.21. The van der Waals surface area contributed by atoms with E-state index >= 15 is 0 Å². The van der Waals surface area contributed by atoms with Crippen LogP contribution in [0.2, 0.25) is 0 Å². The molecule has 0 saturated carbocycles. The Kier molecular flexibility index (Phi) is 6.51. The minimum Gasteiger partial charge on any atom is -0.459 e. The highest BCUT2D eigenvalue weighted by molar-refractivity contribution is 5.91. The van der Waals surface area contributed by atoms with E-state index in [1.54, 1.807) is 4.90 Å². The summed E-state index contributed by atoms with van der Waals surface area (Å²) in [6.07, 6.45) is 1.43. The van der Waals surface area contributed by atoms with Crippen molar-refractivity contribution in [2.24, 2.45) is 0 Å². The first kappa shape index (κ1) is 21.6. The molecule has 2 aliphatic rings. The third kappa shape index (κ3) is 4.97. The number of carbonyl (C=O) groups is 3. The van der Waals surface area contributed by atoms with Gasteiger partial charge in [-0.15, -0.1) is 0 Å². The van der Waals surface area contributed by atoms with E-state index in [9.17, 15) is 14.4 Å². The number of hydrogen-bond acceptors (Lipinski definition) is 6. The number of rotatable bonds is 7. The minimum atomic E-state index is -0.496. The van der Waals surface area contributed by atoms with Gasteiger partial charge in [-0.25, -0.2) is 9.59 Å². The molecule has 2 N–H and O–H groups in total. The molecular weight excluding hydrogens is 410 g/mol. The maximum Gasteiger partial charge on any atom is 0.414 e. The van der Waals surface area contributed by atoms with Gasteiger partial charge in [-0.05, 0) is 28.8 Å². The number of ether oxygens (including phenoxy) is 2. The molecule has 2 atom stereocenters. The van der Waals surface area contributed by atoms with Gasteiger partial charge >= 0.3 is 12.1 Å². The van der Waals surface area contributed by atoms with E-state index in [1.165, 1.54) is 6.92 Å². The van der Waals surface area contributed by atoms with E-state index in [4.69, 9.17) is 9.47 Å². The van der Waals surface area contributed by atoms with Crippen LogP contribution in [0.1, 0.15) is 18.1 Å². The van der Waals surface area contributed by atoms with E-state index in [2.05, 4.69) is 10.6 Å². The Balaban J connectivity index is 1.38. The molecule has 0 radical (unpaired) electrons. The first-order chi connectivity index (χ1) is 15.5. The standard InChI is InChI=1S/C24H25N3O5/c1-16(28)25-13-21-15-32-24(30)27(21)20-9-7-18(8-10-20)19-11-22(26-12-19)23(29)31-14-17-5-3-2-4-6-17/h2-11,21-22,26H,12-15H2,1H3,(H,25,28)/t21?,22-/m0/s1. The third-order valence-corrected chi connectivity index (χ3v) is 5.42. The van der Waals surface area contributed by atoms with Crippen LogP contribution in [0.15, 0.2) is 60.7 Å². The Bertz CT molecular complexity index is 1020. The number of esters is 1. The number of carbonyl (C=O) groups excluding carboxylic acids is 3. The molecule has 1 saturated heterocycles. The summed E-state index contributed by atoms with van der Waals surface area (Å²) in [6, 6.07) is 16.3. The summed E-state index contributed by atoms with van der Waals surface area (Å²) < 4.78 is 10.6. The minimum absolute atomic E-state index is 0.155. The van der Waals surface area contributed by atoms with Gasteiger partial charge in [0.1, 0.15) is 19.3 Å². The summed E-state index contributed by atoms with van der Waals surface area (Å²) >= 11 is 0. The first-order valence-corrected chi connectivity index (χ1v) is 10.5. The van der Waals surface area contributed by atoms with E-state index in [0.29, 0.717) is 18.8 Å². The fourth-order valence-corrected chi connectivity index (χ4v) is 3.73.